The second kappa shape index (κ2) is 7.91. The Morgan fingerprint density at radius 3 is 2.36 bits per heavy atom. The van der Waals surface area contributed by atoms with Crippen molar-refractivity contribution < 1.29 is 13.2 Å². The lowest BCUT2D eigenvalue weighted by molar-refractivity contribution is -0.137. The number of alkyl halides is 3. The molecule has 0 aromatic heterocycles. The first kappa shape index (κ1) is 19.3. The summed E-state index contributed by atoms with van der Waals surface area (Å²) in [7, 11) is 1.91. The molecule has 6 heteroatoms. The van der Waals surface area contributed by atoms with E-state index in [-0.39, 0.29) is 0 Å². The van der Waals surface area contributed by atoms with E-state index in [0.29, 0.717) is 17.1 Å². The third-order valence-corrected chi connectivity index (χ3v) is 4.28. The molecular weight excluding hydrogens is 349 g/mol. The molecular formula is C19H20ClF3N2. The summed E-state index contributed by atoms with van der Waals surface area (Å²) in [5.41, 5.74) is 2.61. The highest BCUT2D eigenvalue weighted by Crippen LogP contribution is 2.33. The summed E-state index contributed by atoms with van der Waals surface area (Å²) in [6.45, 7) is 4.78. The van der Waals surface area contributed by atoms with E-state index in [2.05, 4.69) is 4.99 Å². The van der Waals surface area contributed by atoms with Gasteiger partial charge in [-0.2, -0.15) is 13.2 Å². The van der Waals surface area contributed by atoms with Gasteiger partial charge in [0.2, 0.25) is 0 Å². The molecule has 0 heterocycles. The standard InChI is InChI=1S/C19H20ClF3N2/c1-4-25(3)12-24-17-10-13(2)9-15(18(17)20)11-14-5-7-16(8-6-14)19(21,22)23/h5-10,12H,4,11H2,1-3H3/b24-12-. The van der Waals surface area contributed by atoms with Gasteiger partial charge in [-0.15, -0.1) is 0 Å². The van der Waals surface area contributed by atoms with E-state index in [9.17, 15) is 13.2 Å². The van der Waals surface area contributed by atoms with E-state index in [0.717, 1.165) is 35.4 Å². The van der Waals surface area contributed by atoms with Gasteiger partial charge in [0, 0.05) is 13.6 Å². The molecule has 2 rings (SSSR count). The summed E-state index contributed by atoms with van der Waals surface area (Å²) in [5, 5.41) is 0.520. The maximum absolute atomic E-state index is 12.7. The molecule has 2 aromatic rings. The fourth-order valence-electron chi connectivity index (χ4n) is 2.32. The SMILES string of the molecule is CCN(C)/C=N\c1cc(C)cc(Cc2ccc(C(F)(F)F)cc2)c1Cl. The third-order valence-electron chi connectivity index (χ3n) is 3.84. The third kappa shape index (κ3) is 5.23. The molecule has 0 saturated heterocycles. The van der Waals surface area contributed by atoms with Crippen molar-refractivity contribution in [3.8, 4) is 0 Å². The minimum absolute atomic E-state index is 0.449. The van der Waals surface area contributed by atoms with Crippen LogP contribution in [0.15, 0.2) is 41.4 Å². The van der Waals surface area contributed by atoms with Crippen LogP contribution in [0.2, 0.25) is 5.02 Å². The van der Waals surface area contributed by atoms with Crippen LogP contribution in [0.1, 0.15) is 29.2 Å². The van der Waals surface area contributed by atoms with Crippen molar-refractivity contribution in [3.63, 3.8) is 0 Å². The minimum Gasteiger partial charge on any atom is -0.366 e. The predicted molar refractivity (Wildman–Crippen MR) is 96.9 cm³/mol. The van der Waals surface area contributed by atoms with Crippen LogP contribution in [0.5, 0.6) is 0 Å². The average molecular weight is 369 g/mol. The molecule has 0 saturated carbocycles. The molecule has 25 heavy (non-hydrogen) atoms. The smallest absolute Gasteiger partial charge is 0.366 e. The molecule has 0 bridgehead atoms. The van der Waals surface area contributed by atoms with Crippen LogP contribution in [0, 0.1) is 6.92 Å². The van der Waals surface area contributed by atoms with Gasteiger partial charge in [-0.25, -0.2) is 4.99 Å². The maximum atomic E-state index is 12.7. The predicted octanol–water partition coefficient (Wildman–Crippen LogP) is 5.87. The number of benzene rings is 2. The van der Waals surface area contributed by atoms with E-state index in [1.807, 2.05) is 37.9 Å². The largest absolute Gasteiger partial charge is 0.416 e. The molecule has 0 amide bonds. The number of hydrogen-bond acceptors (Lipinski definition) is 1. The second-order valence-corrected chi connectivity index (χ2v) is 6.32. The Hall–Kier alpha value is -2.01. The lowest BCUT2D eigenvalue weighted by atomic mass is 10.0. The van der Waals surface area contributed by atoms with Gasteiger partial charge in [0.25, 0.3) is 0 Å². The molecule has 0 unspecified atom stereocenters. The number of rotatable bonds is 5. The van der Waals surface area contributed by atoms with Crippen LogP contribution in [0.3, 0.4) is 0 Å². The van der Waals surface area contributed by atoms with Crippen LogP contribution >= 0.6 is 11.6 Å². The molecule has 0 N–H and O–H groups in total. The second-order valence-electron chi connectivity index (χ2n) is 5.95. The molecule has 0 aliphatic rings. The fourth-order valence-corrected chi connectivity index (χ4v) is 2.54. The Morgan fingerprint density at radius 1 is 1.16 bits per heavy atom. The van der Waals surface area contributed by atoms with Crippen LogP contribution < -0.4 is 0 Å². The molecule has 0 fully saturated rings. The van der Waals surface area contributed by atoms with E-state index in [1.54, 1.807) is 6.34 Å². The average Bonchev–Trinajstić information content (AvgIpc) is 2.55. The Morgan fingerprint density at radius 2 is 1.80 bits per heavy atom. The van der Waals surface area contributed by atoms with Gasteiger partial charge in [-0.3, -0.25) is 0 Å². The van der Waals surface area contributed by atoms with Crippen molar-refractivity contribution in [2.24, 2.45) is 4.99 Å². The summed E-state index contributed by atoms with van der Waals surface area (Å²) in [5.74, 6) is 0. The van der Waals surface area contributed by atoms with E-state index < -0.39 is 11.7 Å². The number of nitrogens with zero attached hydrogens (tertiary/aromatic N) is 2. The van der Waals surface area contributed by atoms with Gasteiger partial charge >= 0.3 is 6.18 Å². The van der Waals surface area contributed by atoms with Crippen LogP contribution in [-0.2, 0) is 12.6 Å². The lowest BCUT2D eigenvalue weighted by Gasteiger charge is -2.12. The quantitative estimate of drug-likeness (QED) is 0.476. The molecule has 2 nitrogen and oxygen atoms in total. The van der Waals surface area contributed by atoms with Crippen LogP contribution in [0.25, 0.3) is 0 Å². The highest BCUT2D eigenvalue weighted by molar-refractivity contribution is 6.33. The summed E-state index contributed by atoms with van der Waals surface area (Å²) in [4.78, 5) is 6.33. The lowest BCUT2D eigenvalue weighted by Crippen LogP contribution is -2.14. The van der Waals surface area contributed by atoms with Gasteiger partial charge in [0.15, 0.2) is 0 Å². The van der Waals surface area contributed by atoms with Crippen molar-refractivity contribution in [3.05, 3.63) is 63.7 Å². The molecule has 0 atom stereocenters. The van der Waals surface area contributed by atoms with Crippen LogP contribution in [-0.4, -0.2) is 24.8 Å². The van der Waals surface area contributed by atoms with E-state index >= 15 is 0 Å². The zero-order valence-electron chi connectivity index (χ0n) is 14.4. The van der Waals surface area contributed by atoms with Crippen LogP contribution in [0.4, 0.5) is 18.9 Å². The normalized spacial score (nSPS) is 12.0. The summed E-state index contributed by atoms with van der Waals surface area (Å²) in [6, 6.07) is 8.97. The monoisotopic (exact) mass is 368 g/mol. The first-order valence-electron chi connectivity index (χ1n) is 7.90. The van der Waals surface area contributed by atoms with Gasteiger partial charge in [0.05, 0.1) is 22.6 Å². The number of aryl methyl sites for hydroxylation is 1. The Labute approximate surface area is 150 Å². The molecule has 134 valence electrons. The highest BCUT2D eigenvalue weighted by atomic mass is 35.5. The van der Waals surface area contributed by atoms with E-state index in [4.69, 9.17) is 11.6 Å². The Kier molecular flexibility index (Phi) is 6.11. The zero-order chi connectivity index (χ0) is 18.6. The highest BCUT2D eigenvalue weighted by Gasteiger charge is 2.29. The molecule has 0 spiro atoms. The molecule has 0 radical (unpaired) electrons. The first-order chi connectivity index (χ1) is 11.7. The van der Waals surface area contributed by atoms with Crippen molar-refractivity contribution in [2.45, 2.75) is 26.4 Å². The van der Waals surface area contributed by atoms with Gasteiger partial charge in [0.1, 0.15) is 0 Å². The zero-order valence-corrected chi connectivity index (χ0v) is 15.1. The first-order valence-corrected chi connectivity index (χ1v) is 8.28. The molecule has 2 aromatic carbocycles. The van der Waals surface area contributed by atoms with Gasteiger partial charge in [-0.05, 0) is 55.2 Å². The minimum atomic E-state index is -4.33. The molecule has 0 aliphatic heterocycles. The number of aliphatic imine (C=N–C) groups is 1. The maximum Gasteiger partial charge on any atom is 0.416 e. The summed E-state index contributed by atoms with van der Waals surface area (Å²) in [6.07, 6.45) is -2.17. The van der Waals surface area contributed by atoms with Crippen molar-refractivity contribution in [1.29, 1.82) is 0 Å². The topological polar surface area (TPSA) is 15.6 Å². The van der Waals surface area contributed by atoms with E-state index in [1.165, 1.54) is 12.1 Å². The Balaban J connectivity index is 2.27. The Bertz CT molecular complexity index is 752. The van der Waals surface area contributed by atoms with Crippen molar-refractivity contribution >= 4 is 23.6 Å². The number of hydrogen-bond donors (Lipinski definition) is 0. The number of halogens is 4. The molecule has 0 aliphatic carbocycles. The van der Waals surface area contributed by atoms with Crippen molar-refractivity contribution in [1.82, 2.24) is 4.90 Å². The summed E-state index contributed by atoms with van der Waals surface area (Å²) >= 11 is 6.45. The fraction of sp³-hybridized carbons (Fsp3) is 0.316. The summed E-state index contributed by atoms with van der Waals surface area (Å²) < 4.78 is 38.0. The van der Waals surface area contributed by atoms with Crippen molar-refractivity contribution in [2.75, 3.05) is 13.6 Å². The van der Waals surface area contributed by atoms with Gasteiger partial charge in [-0.1, -0.05) is 29.8 Å². The van der Waals surface area contributed by atoms with Gasteiger partial charge < -0.3 is 4.90 Å².